The van der Waals surface area contributed by atoms with Crippen LogP contribution >= 0.6 is 11.8 Å². The van der Waals surface area contributed by atoms with Crippen LogP contribution in [0.1, 0.15) is 38.1 Å². The molecule has 1 heterocycles. The zero-order valence-corrected chi connectivity index (χ0v) is 10.1. The van der Waals surface area contributed by atoms with Crippen LogP contribution in [0, 0.1) is 0 Å². The number of nitrogens with two attached hydrogens (primary N) is 1. The first-order valence-electron chi connectivity index (χ1n) is 5.71. The zero-order valence-electron chi connectivity index (χ0n) is 9.26. The molecule has 5 heteroatoms. The Morgan fingerprint density at radius 1 is 1.50 bits per heavy atom. The average Bonchev–Trinajstić information content (AvgIpc) is 2.75. The molecule has 0 aliphatic heterocycles. The summed E-state index contributed by atoms with van der Waals surface area (Å²) in [5.74, 6) is 0.0206. The van der Waals surface area contributed by atoms with Gasteiger partial charge < -0.3 is 10.3 Å². The molecule has 2 rings (SSSR count). The van der Waals surface area contributed by atoms with Gasteiger partial charge in [0.15, 0.2) is 5.16 Å². The number of carbonyl (C=O) groups excluding carboxylic acids is 1. The molecule has 1 amide bonds. The minimum atomic E-state index is -0.289. The Morgan fingerprint density at radius 3 is 2.94 bits per heavy atom. The van der Waals surface area contributed by atoms with E-state index in [0.717, 1.165) is 5.16 Å². The summed E-state index contributed by atoms with van der Waals surface area (Å²) in [6, 6.07) is 0.562. The molecule has 1 aromatic heterocycles. The number of imidazole rings is 1. The highest BCUT2D eigenvalue weighted by Gasteiger charge is 2.18. The van der Waals surface area contributed by atoms with Crippen LogP contribution in [0.4, 0.5) is 0 Å². The highest BCUT2D eigenvalue weighted by atomic mass is 32.2. The van der Waals surface area contributed by atoms with E-state index in [1.165, 1.54) is 43.9 Å². The fourth-order valence-electron chi connectivity index (χ4n) is 2.18. The lowest BCUT2D eigenvalue weighted by Gasteiger charge is -2.24. The maximum absolute atomic E-state index is 10.7. The number of hydrogen-bond donors (Lipinski definition) is 1. The standard InChI is InChI=1S/C11H17N3OS/c12-10(15)8-16-11-13-6-7-14(11)9-4-2-1-3-5-9/h6-7,9H,1-5,8H2,(H2,12,15). The molecule has 16 heavy (non-hydrogen) atoms. The van der Waals surface area contributed by atoms with Crippen molar-refractivity contribution in [3.05, 3.63) is 12.4 Å². The molecule has 0 spiro atoms. The van der Waals surface area contributed by atoms with Crippen molar-refractivity contribution in [1.29, 1.82) is 0 Å². The van der Waals surface area contributed by atoms with Crippen molar-refractivity contribution in [3.63, 3.8) is 0 Å². The van der Waals surface area contributed by atoms with Gasteiger partial charge in [0, 0.05) is 18.4 Å². The van der Waals surface area contributed by atoms with Gasteiger partial charge in [-0.25, -0.2) is 4.98 Å². The molecular weight excluding hydrogens is 222 g/mol. The SMILES string of the molecule is NC(=O)CSc1nccn1C1CCCCC1. The third-order valence-corrected chi connectivity index (χ3v) is 3.95. The third-order valence-electron chi connectivity index (χ3n) is 2.94. The summed E-state index contributed by atoms with van der Waals surface area (Å²) in [7, 11) is 0. The van der Waals surface area contributed by atoms with Crippen LogP contribution < -0.4 is 5.73 Å². The Kier molecular flexibility index (Phi) is 3.88. The Bertz CT molecular complexity index is 358. The van der Waals surface area contributed by atoms with Gasteiger partial charge in [-0.15, -0.1) is 0 Å². The van der Waals surface area contributed by atoms with Crippen molar-refractivity contribution in [2.24, 2.45) is 5.73 Å². The van der Waals surface area contributed by atoms with Crippen LogP contribution in [0.3, 0.4) is 0 Å². The van der Waals surface area contributed by atoms with Gasteiger partial charge in [0.05, 0.1) is 5.75 Å². The smallest absolute Gasteiger partial charge is 0.227 e. The van der Waals surface area contributed by atoms with Crippen LogP contribution in [0.15, 0.2) is 17.6 Å². The van der Waals surface area contributed by atoms with Gasteiger partial charge in [0.2, 0.25) is 5.91 Å². The number of amides is 1. The Morgan fingerprint density at radius 2 is 2.25 bits per heavy atom. The summed E-state index contributed by atoms with van der Waals surface area (Å²) in [6.07, 6.45) is 10.2. The molecule has 0 aromatic carbocycles. The minimum absolute atomic E-state index is 0.289. The lowest BCUT2D eigenvalue weighted by Crippen LogP contribution is -2.16. The summed E-state index contributed by atoms with van der Waals surface area (Å²) in [5, 5.41) is 0.922. The van der Waals surface area contributed by atoms with E-state index in [2.05, 4.69) is 9.55 Å². The second-order valence-corrected chi connectivity index (χ2v) is 5.11. The maximum atomic E-state index is 10.7. The van der Waals surface area contributed by atoms with Crippen LogP contribution in [0.2, 0.25) is 0 Å². The number of nitrogens with zero attached hydrogens (tertiary/aromatic N) is 2. The van der Waals surface area contributed by atoms with E-state index in [-0.39, 0.29) is 5.91 Å². The topological polar surface area (TPSA) is 60.9 Å². The fraction of sp³-hybridized carbons (Fsp3) is 0.636. The molecule has 0 unspecified atom stereocenters. The quantitative estimate of drug-likeness (QED) is 0.817. The second kappa shape index (κ2) is 5.39. The molecule has 0 atom stereocenters. The minimum Gasteiger partial charge on any atom is -0.369 e. The fourth-order valence-corrected chi connectivity index (χ4v) is 2.95. The molecule has 88 valence electrons. The first-order valence-corrected chi connectivity index (χ1v) is 6.70. The van der Waals surface area contributed by atoms with E-state index < -0.39 is 0 Å². The molecular formula is C11H17N3OS. The maximum Gasteiger partial charge on any atom is 0.227 e. The van der Waals surface area contributed by atoms with E-state index in [1.54, 1.807) is 6.20 Å². The van der Waals surface area contributed by atoms with E-state index in [0.29, 0.717) is 11.8 Å². The number of primary amides is 1. The zero-order chi connectivity index (χ0) is 11.4. The summed E-state index contributed by atoms with van der Waals surface area (Å²) in [6.45, 7) is 0. The summed E-state index contributed by atoms with van der Waals surface area (Å²) >= 11 is 1.43. The van der Waals surface area contributed by atoms with Crippen molar-refractivity contribution in [2.75, 3.05) is 5.75 Å². The Balaban J connectivity index is 2.02. The molecule has 1 fully saturated rings. The van der Waals surface area contributed by atoms with Crippen LogP contribution in [0.5, 0.6) is 0 Å². The molecule has 0 saturated heterocycles. The molecule has 0 bridgehead atoms. The molecule has 1 aliphatic rings. The molecule has 4 nitrogen and oxygen atoms in total. The number of carbonyl (C=O) groups is 1. The highest BCUT2D eigenvalue weighted by molar-refractivity contribution is 7.99. The van der Waals surface area contributed by atoms with E-state index in [4.69, 9.17) is 5.73 Å². The largest absolute Gasteiger partial charge is 0.369 e. The molecule has 1 aromatic rings. The summed E-state index contributed by atoms with van der Waals surface area (Å²) in [4.78, 5) is 15.0. The van der Waals surface area contributed by atoms with Crippen molar-refractivity contribution in [2.45, 2.75) is 43.3 Å². The number of rotatable bonds is 4. The summed E-state index contributed by atoms with van der Waals surface area (Å²) < 4.78 is 2.20. The van der Waals surface area contributed by atoms with Crippen LogP contribution in [-0.4, -0.2) is 21.2 Å². The van der Waals surface area contributed by atoms with Gasteiger partial charge in [-0.05, 0) is 12.8 Å². The van der Waals surface area contributed by atoms with Crippen molar-refractivity contribution >= 4 is 17.7 Å². The normalized spacial score (nSPS) is 17.5. The Hall–Kier alpha value is -0.970. The van der Waals surface area contributed by atoms with Gasteiger partial charge in [-0.2, -0.15) is 0 Å². The van der Waals surface area contributed by atoms with Gasteiger partial charge in [0.1, 0.15) is 0 Å². The van der Waals surface area contributed by atoms with Crippen LogP contribution in [-0.2, 0) is 4.79 Å². The first-order chi connectivity index (χ1) is 7.77. The lowest BCUT2D eigenvalue weighted by atomic mass is 9.95. The number of thioether (sulfide) groups is 1. The van der Waals surface area contributed by atoms with E-state index in [1.807, 2.05) is 6.20 Å². The molecule has 1 aliphatic carbocycles. The van der Waals surface area contributed by atoms with Gasteiger partial charge in [-0.3, -0.25) is 4.79 Å². The lowest BCUT2D eigenvalue weighted by molar-refractivity contribution is -0.115. The van der Waals surface area contributed by atoms with Gasteiger partial charge >= 0.3 is 0 Å². The highest BCUT2D eigenvalue weighted by Crippen LogP contribution is 2.31. The van der Waals surface area contributed by atoms with E-state index >= 15 is 0 Å². The first kappa shape index (κ1) is 11.5. The predicted molar refractivity (Wildman–Crippen MR) is 64.3 cm³/mol. The third kappa shape index (κ3) is 2.78. The number of hydrogen-bond acceptors (Lipinski definition) is 3. The van der Waals surface area contributed by atoms with Gasteiger partial charge in [0.25, 0.3) is 0 Å². The average molecular weight is 239 g/mol. The van der Waals surface area contributed by atoms with Crippen molar-refractivity contribution < 1.29 is 4.79 Å². The second-order valence-electron chi connectivity index (χ2n) is 4.16. The predicted octanol–water partition coefficient (Wildman–Crippen LogP) is 1.97. The van der Waals surface area contributed by atoms with Crippen molar-refractivity contribution in [3.8, 4) is 0 Å². The molecule has 1 saturated carbocycles. The molecule has 0 radical (unpaired) electrons. The number of aromatic nitrogens is 2. The van der Waals surface area contributed by atoms with Gasteiger partial charge in [-0.1, -0.05) is 31.0 Å². The molecule has 2 N–H and O–H groups in total. The summed E-state index contributed by atoms with van der Waals surface area (Å²) in [5.41, 5.74) is 5.14. The van der Waals surface area contributed by atoms with Crippen LogP contribution in [0.25, 0.3) is 0 Å². The monoisotopic (exact) mass is 239 g/mol. The van der Waals surface area contributed by atoms with E-state index in [9.17, 15) is 4.79 Å². The Labute approximate surface area is 99.6 Å². The van der Waals surface area contributed by atoms with Crippen molar-refractivity contribution in [1.82, 2.24) is 9.55 Å².